The Morgan fingerprint density at radius 2 is 0.533 bits per heavy atom. The van der Waals surface area contributed by atoms with E-state index in [1.807, 2.05) is 27.7 Å². The Morgan fingerprint density at radius 3 is 0.756 bits per heavy atom. The first-order valence-corrected chi connectivity index (χ1v) is 38.4. The number of carbonyl (C=O) groups excluding carboxylic acids is 8. The highest BCUT2D eigenvalue weighted by molar-refractivity contribution is 8.01. The number of hydrogen-bond donors (Lipinski definition) is 0. The van der Waals surface area contributed by atoms with E-state index < -0.39 is 23.9 Å². The van der Waals surface area contributed by atoms with Gasteiger partial charge in [0.1, 0.15) is 52.9 Å². The molecule has 1 aliphatic rings. The highest BCUT2D eigenvalue weighted by Gasteiger charge is 2.22. The van der Waals surface area contributed by atoms with Gasteiger partial charge in [-0.25, -0.2) is 0 Å². The Morgan fingerprint density at radius 1 is 0.311 bits per heavy atom. The monoisotopic (exact) mass is 1350 g/mol. The van der Waals surface area contributed by atoms with Crippen molar-refractivity contribution in [2.75, 3.05) is 154 Å². The number of thioether (sulfide) groups is 4. The van der Waals surface area contributed by atoms with E-state index in [0.29, 0.717) is 39.3 Å². The number of carbonyl (C=O) groups is 8. The van der Waals surface area contributed by atoms with Gasteiger partial charge in [-0.2, -0.15) is 0 Å². The number of hydrogen-bond acceptors (Lipinski definition) is 24. The molecule has 0 amide bonds. The minimum Gasteiger partial charge on any atom is -0.462 e. The molecule has 1 saturated heterocycles. The van der Waals surface area contributed by atoms with Crippen LogP contribution in [0.5, 0.6) is 0 Å². The molecule has 90 heavy (non-hydrogen) atoms. The maximum Gasteiger partial charge on any atom is 0.318 e. The molecule has 4 atom stereocenters. The molecule has 0 bridgehead atoms. The van der Waals surface area contributed by atoms with Gasteiger partial charge in [0, 0.05) is 52.4 Å². The third-order valence-electron chi connectivity index (χ3n) is 15.0. The van der Waals surface area contributed by atoms with Crippen LogP contribution in [-0.4, -0.2) is 243 Å². The van der Waals surface area contributed by atoms with Crippen molar-refractivity contribution in [2.45, 2.75) is 218 Å². The summed E-state index contributed by atoms with van der Waals surface area (Å²) in [6.45, 7) is 23.6. The second-order valence-electron chi connectivity index (χ2n) is 22.9. The zero-order valence-corrected chi connectivity index (χ0v) is 60.1. The van der Waals surface area contributed by atoms with Crippen LogP contribution in [0.4, 0.5) is 0 Å². The maximum atomic E-state index is 12.9. The average Bonchev–Trinajstić information content (AvgIpc) is 3.47. The van der Waals surface area contributed by atoms with Gasteiger partial charge >= 0.3 is 47.8 Å². The molecule has 0 aromatic rings. The maximum absolute atomic E-state index is 12.9. The molecule has 1 rings (SSSR count). The van der Waals surface area contributed by atoms with Crippen molar-refractivity contribution in [2.24, 2.45) is 0 Å². The number of ether oxygens (including phenoxy) is 8. The smallest absolute Gasteiger partial charge is 0.318 e. The van der Waals surface area contributed by atoms with Crippen LogP contribution in [0.1, 0.15) is 197 Å². The summed E-state index contributed by atoms with van der Waals surface area (Å²) >= 11 is 6.29. The zero-order chi connectivity index (χ0) is 66.2. The summed E-state index contributed by atoms with van der Waals surface area (Å²) in [4.78, 5) is 110. The molecule has 0 radical (unpaired) electrons. The number of unbranched alkanes of at least 4 members (excludes halogenated alkanes) is 12. The van der Waals surface area contributed by atoms with E-state index in [9.17, 15) is 38.4 Å². The predicted octanol–water partition coefficient (Wildman–Crippen LogP) is 10.7. The summed E-state index contributed by atoms with van der Waals surface area (Å²) in [6.07, 6.45) is 20.1. The van der Waals surface area contributed by atoms with Crippen molar-refractivity contribution in [3.63, 3.8) is 0 Å². The molecule has 0 saturated carbocycles. The Hall–Kier alpha value is -3.00. The van der Waals surface area contributed by atoms with Crippen molar-refractivity contribution >= 4 is 94.8 Å². The summed E-state index contributed by atoms with van der Waals surface area (Å²) in [5, 5.41) is -1.17. The second kappa shape index (κ2) is 58.6. The quantitative estimate of drug-likeness (QED) is 0.0314. The third kappa shape index (κ3) is 48.7. The molecule has 1 heterocycles. The van der Waals surface area contributed by atoms with E-state index in [1.54, 1.807) is 47.0 Å². The lowest BCUT2D eigenvalue weighted by Gasteiger charge is -2.35. The molecule has 0 aliphatic carbocycles. The molecule has 0 aromatic carbocycles. The average molecular weight is 1350 g/mol. The van der Waals surface area contributed by atoms with Crippen molar-refractivity contribution in [1.82, 2.24) is 19.6 Å². The fourth-order valence-electron chi connectivity index (χ4n) is 9.32. The molecule has 0 spiro atoms. The molecule has 1 aliphatic heterocycles. The van der Waals surface area contributed by atoms with E-state index in [4.69, 9.17) is 37.9 Å². The van der Waals surface area contributed by atoms with Crippen LogP contribution in [-0.2, 0) is 76.3 Å². The van der Waals surface area contributed by atoms with Gasteiger partial charge < -0.3 is 57.5 Å². The molecule has 24 heteroatoms. The van der Waals surface area contributed by atoms with Crippen LogP contribution in [0, 0.1) is 0 Å². The standard InChI is InChI=1S/C66H120N4O16S4/c1-9-13-17-21-51-87-55(5)63(75)83-47-43-79-59(71)27-35-67(36-28-60(72)80-44-48-84-64(76)56(6)88-52-22-18-14-10-2)31-25-33-69-39-41-70(42-40-69)34-26-32-68(37-29-61(73)81-45-49-85-65(77)57(7)89-53-23-19-15-11-3)38-30-62(74)82-46-50-86-66(78)58(8)90-54-24-20-16-12-4/h55-58H,9-54H2,1-8H3. The van der Waals surface area contributed by atoms with E-state index in [-0.39, 0.29) is 123 Å². The zero-order valence-electron chi connectivity index (χ0n) is 56.8. The van der Waals surface area contributed by atoms with Gasteiger partial charge in [0.2, 0.25) is 0 Å². The van der Waals surface area contributed by atoms with Gasteiger partial charge in [-0.05, 0) is 115 Å². The van der Waals surface area contributed by atoms with Crippen LogP contribution in [0.25, 0.3) is 0 Å². The van der Waals surface area contributed by atoms with Gasteiger partial charge in [0.15, 0.2) is 0 Å². The summed E-state index contributed by atoms with van der Waals surface area (Å²) in [5.74, 6) is 0.612. The molecule has 524 valence electrons. The molecule has 0 aromatic heterocycles. The minimum atomic E-state index is -0.422. The topological polar surface area (TPSA) is 223 Å². The summed E-state index contributed by atoms with van der Waals surface area (Å²) in [6, 6.07) is 0. The fourth-order valence-corrected chi connectivity index (χ4v) is 13.0. The van der Waals surface area contributed by atoms with Crippen molar-refractivity contribution < 1.29 is 76.3 Å². The van der Waals surface area contributed by atoms with Gasteiger partial charge in [0.25, 0.3) is 0 Å². The lowest BCUT2D eigenvalue weighted by molar-refractivity contribution is -0.152. The van der Waals surface area contributed by atoms with E-state index in [2.05, 4.69) is 47.3 Å². The van der Waals surface area contributed by atoms with Crippen LogP contribution in [0.2, 0.25) is 0 Å². The first kappa shape index (κ1) is 85.0. The molecular formula is C66H120N4O16S4. The normalized spacial score (nSPS) is 14.2. The van der Waals surface area contributed by atoms with Gasteiger partial charge in [-0.15, -0.1) is 47.0 Å². The molecule has 1 fully saturated rings. The summed E-state index contributed by atoms with van der Waals surface area (Å²) < 4.78 is 43.2. The number of nitrogens with zero attached hydrogens (tertiary/aromatic N) is 4. The predicted molar refractivity (Wildman–Crippen MR) is 365 cm³/mol. The Labute approximate surface area is 559 Å². The van der Waals surface area contributed by atoms with Crippen LogP contribution in [0.15, 0.2) is 0 Å². The number of esters is 8. The summed E-state index contributed by atoms with van der Waals surface area (Å²) in [5.41, 5.74) is 0. The van der Waals surface area contributed by atoms with Crippen LogP contribution < -0.4 is 0 Å². The first-order chi connectivity index (χ1) is 43.5. The lowest BCUT2D eigenvalue weighted by atomic mass is 10.2. The second-order valence-corrected chi connectivity index (χ2v) is 28.7. The first-order valence-electron chi connectivity index (χ1n) is 34.2. The van der Waals surface area contributed by atoms with E-state index in [1.165, 1.54) is 25.7 Å². The Balaban J connectivity index is 2.76. The van der Waals surface area contributed by atoms with Crippen molar-refractivity contribution in [1.29, 1.82) is 0 Å². The molecular weight excluding hydrogens is 1230 g/mol. The Kier molecular flexibility index (Phi) is 55.3. The highest BCUT2D eigenvalue weighted by Crippen LogP contribution is 2.19. The Bertz CT molecular complexity index is 1650. The molecule has 20 nitrogen and oxygen atoms in total. The van der Waals surface area contributed by atoms with Gasteiger partial charge in [-0.3, -0.25) is 38.4 Å². The van der Waals surface area contributed by atoms with Crippen LogP contribution >= 0.6 is 47.0 Å². The van der Waals surface area contributed by atoms with Crippen molar-refractivity contribution in [3.05, 3.63) is 0 Å². The van der Waals surface area contributed by atoms with Gasteiger partial charge in [0.05, 0.1) is 46.7 Å². The SMILES string of the molecule is CCCCCCSC(C)C(=O)OCCOC(=O)CCN(CCCN1CCN(CCCN(CCC(=O)OCCOC(=O)C(C)SCCCCCC)CCC(=O)OCCOC(=O)C(C)SCCCCCC)CC1)CCC(=O)OCCOC(=O)C(C)SCCCCCC. The largest absolute Gasteiger partial charge is 0.462 e. The number of piperazine rings is 1. The van der Waals surface area contributed by atoms with Crippen molar-refractivity contribution in [3.8, 4) is 0 Å². The highest BCUT2D eigenvalue weighted by atomic mass is 32.2. The number of rotatable bonds is 60. The van der Waals surface area contributed by atoms with Crippen LogP contribution in [0.3, 0.4) is 0 Å². The third-order valence-corrected chi connectivity index (χ3v) is 19.9. The molecule has 0 N–H and O–H groups in total. The lowest BCUT2D eigenvalue weighted by Crippen LogP contribution is -2.47. The van der Waals surface area contributed by atoms with Gasteiger partial charge in [-0.1, -0.05) is 105 Å². The minimum absolute atomic E-state index is 0.0159. The van der Waals surface area contributed by atoms with E-state index in [0.717, 1.165) is 152 Å². The fraction of sp³-hybridized carbons (Fsp3) is 0.879. The molecule has 4 unspecified atom stereocenters. The summed E-state index contributed by atoms with van der Waals surface area (Å²) in [7, 11) is 0. The van der Waals surface area contributed by atoms with E-state index >= 15 is 0 Å².